The molecule has 0 atom stereocenters. The molecular formula is C28H26Cl3P. The molecule has 4 aromatic rings. The Labute approximate surface area is 205 Å². The minimum atomic E-state index is -3.45. The summed E-state index contributed by atoms with van der Waals surface area (Å²) in [5.74, 6) is -3.45. The fraction of sp³-hybridized carbons (Fsp3) is 0.143. The quantitative estimate of drug-likeness (QED) is 0.243. The number of aryl methyl sites for hydroxylation is 3. The zero-order valence-electron chi connectivity index (χ0n) is 18.4. The summed E-state index contributed by atoms with van der Waals surface area (Å²) < 4.78 is 0. The van der Waals surface area contributed by atoms with Crippen LogP contribution >= 0.6 is 40.4 Å². The molecule has 0 saturated carbocycles. The predicted octanol–water partition coefficient (Wildman–Crippen LogP) is 8.10. The molecule has 164 valence electrons. The van der Waals surface area contributed by atoms with Crippen molar-refractivity contribution in [1.29, 1.82) is 0 Å². The fourth-order valence-electron chi connectivity index (χ4n) is 4.46. The topological polar surface area (TPSA) is 0 Å². The first kappa shape index (κ1) is 23.3. The predicted molar refractivity (Wildman–Crippen MR) is 145 cm³/mol. The molecule has 0 aliphatic carbocycles. The molecular weight excluding hydrogens is 474 g/mol. The molecule has 0 radical (unpaired) electrons. The standard InChI is InChI=1S/C28H26Cl3P/c1-20-7-4-10-24(15-20)32(31,25-11-5-8-21(2)16-25,26-12-6-9-22(3)17-26)19-23-13-14-27(29)28(30)18-23/h4-18H,19H2,1-3H3. The Kier molecular flexibility index (Phi) is 6.45. The molecule has 4 aromatic carbocycles. The van der Waals surface area contributed by atoms with E-state index in [1.165, 1.54) is 16.7 Å². The first-order valence-electron chi connectivity index (χ1n) is 10.6. The van der Waals surface area contributed by atoms with Gasteiger partial charge in [-0.3, -0.25) is 0 Å². The number of hydrogen-bond acceptors (Lipinski definition) is 0. The van der Waals surface area contributed by atoms with Crippen LogP contribution in [0.3, 0.4) is 0 Å². The molecule has 0 spiro atoms. The van der Waals surface area contributed by atoms with Gasteiger partial charge in [0, 0.05) is 0 Å². The third-order valence-corrected chi connectivity index (χ3v) is 14.0. The molecule has 0 bridgehead atoms. The van der Waals surface area contributed by atoms with Gasteiger partial charge < -0.3 is 0 Å². The summed E-state index contributed by atoms with van der Waals surface area (Å²) in [4.78, 5) is 0. The van der Waals surface area contributed by atoms with Crippen LogP contribution in [0, 0.1) is 20.8 Å². The van der Waals surface area contributed by atoms with Crippen LogP contribution in [0.15, 0.2) is 91.0 Å². The first-order valence-corrected chi connectivity index (χ1v) is 14.7. The van der Waals surface area contributed by atoms with Gasteiger partial charge in [0.05, 0.1) is 0 Å². The normalized spacial score (nSPS) is 12.9. The molecule has 32 heavy (non-hydrogen) atoms. The van der Waals surface area contributed by atoms with Crippen LogP contribution in [0.4, 0.5) is 0 Å². The van der Waals surface area contributed by atoms with Crippen LogP contribution in [0.25, 0.3) is 0 Å². The summed E-state index contributed by atoms with van der Waals surface area (Å²) in [5.41, 5.74) is 4.63. The Morgan fingerprint density at radius 2 is 1.00 bits per heavy atom. The van der Waals surface area contributed by atoms with Crippen LogP contribution in [0.1, 0.15) is 22.3 Å². The zero-order chi connectivity index (χ0) is 23.0. The van der Waals surface area contributed by atoms with Crippen molar-refractivity contribution in [3.05, 3.63) is 123 Å². The molecule has 0 N–H and O–H groups in total. The van der Waals surface area contributed by atoms with E-state index in [1.54, 1.807) is 0 Å². The van der Waals surface area contributed by atoms with Gasteiger partial charge in [-0.05, 0) is 0 Å². The SMILES string of the molecule is Cc1cccc(P(Cl)(Cc2ccc(Cl)c(Cl)c2)(c2cccc(C)c2)c2cccc(C)c2)c1. The Balaban J connectivity index is 2.14. The third kappa shape index (κ3) is 4.11. The molecule has 0 unspecified atom stereocenters. The van der Waals surface area contributed by atoms with Crippen LogP contribution in [-0.2, 0) is 6.16 Å². The van der Waals surface area contributed by atoms with Gasteiger partial charge in [-0.25, -0.2) is 0 Å². The Hall–Kier alpha value is -1.82. The van der Waals surface area contributed by atoms with Gasteiger partial charge in [-0.1, -0.05) is 0 Å². The average molecular weight is 500 g/mol. The van der Waals surface area contributed by atoms with E-state index < -0.39 is 5.96 Å². The van der Waals surface area contributed by atoms with Crippen LogP contribution in [-0.4, -0.2) is 0 Å². The molecule has 0 heterocycles. The van der Waals surface area contributed by atoms with Crippen LogP contribution in [0.2, 0.25) is 10.0 Å². The summed E-state index contributed by atoms with van der Waals surface area (Å²) in [7, 11) is 0. The third-order valence-electron chi connectivity index (χ3n) is 6.08. The average Bonchev–Trinajstić information content (AvgIpc) is 2.76. The van der Waals surface area contributed by atoms with Crippen molar-refractivity contribution < 1.29 is 0 Å². The number of rotatable bonds is 5. The first-order chi connectivity index (χ1) is 15.2. The summed E-state index contributed by atoms with van der Waals surface area (Å²) in [5, 5.41) is 4.55. The van der Waals surface area contributed by atoms with Gasteiger partial charge in [0.2, 0.25) is 0 Å². The molecule has 0 fully saturated rings. The summed E-state index contributed by atoms with van der Waals surface area (Å²) in [6, 6.07) is 31.8. The van der Waals surface area contributed by atoms with Crippen LogP contribution < -0.4 is 15.9 Å². The molecule has 0 amide bonds. The van der Waals surface area contributed by atoms with E-state index in [1.807, 2.05) is 18.2 Å². The molecule has 0 aromatic heterocycles. The van der Waals surface area contributed by atoms with Crippen LogP contribution in [0.5, 0.6) is 0 Å². The van der Waals surface area contributed by atoms with Gasteiger partial charge in [0.25, 0.3) is 0 Å². The Bertz CT molecular complexity index is 1180. The van der Waals surface area contributed by atoms with Gasteiger partial charge >= 0.3 is 207 Å². The van der Waals surface area contributed by atoms with Crippen molar-refractivity contribution in [2.24, 2.45) is 0 Å². The summed E-state index contributed by atoms with van der Waals surface area (Å²) in [6.07, 6.45) is 0.639. The van der Waals surface area contributed by atoms with E-state index in [0.717, 1.165) is 21.5 Å². The second kappa shape index (κ2) is 8.85. The zero-order valence-corrected chi connectivity index (χ0v) is 21.6. The molecule has 0 aliphatic heterocycles. The number of halogens is 3. The molecule has 0 aliphatic rings. The van der Waals surface area contributed by atoms with Crippen molar-refractivity contribution in [2.75, 3.05) is 0 Å². The molecule has 4 rings (SSSR count). The second-order valence-electron chi connectivity index (χ2n) is 8.61. The van der Waals surface area contributed by atoms with E-state index in [9.17, 15) is 0 Å². The summed E-state index contributed by atoms with van der Waals surface area (Å²) >= 11 is 21.0. The molecule has 0 nitrogen and oxygen atoms in total. The van der Waals surface area contributed by atoms with Gasteiger partial charge in [0.1, 0.15) is 0 Å². The monoisotopic (exact) mass is 498 g/mol. The van der Waals surface area contributed by atoms with E-state index >= 15 is 0 Å². The van der Waals surface area contributed by atoms with Crippen molar-refractivity contribution in [1.82, 2.24) is 0 Å². The maximum absolute atomic E-state index is 8.27. The number of benzene rings is 4. The van der Waals surface area contributed by atoms with Crippen molar-refractivity contribution in [3.63, 3.8) is 0 Å². The van der Waals surface area contributed by atoms with E-state index in [0.29, 0.717) is 16.2 Å². The summed E-state index contributed by atoms with van der Waals surface area (Å²) in [6.45, 7) is 6.35. The van der Waals surface area contributed by atoms with Gasteiger partial charge in [0.15, 0.2) is 0 Å². The van der Waals surface area contributed by atoms with Crippen molar-refractivity contribution in [3.8, 4) is 0 Å². The number of hydrogen-bond donors (Lipinski definition) is 0. The Morgan fingerprint density at radius 3 is 1.38 bits per heavy atom. The molecule has 0 saturated heterocycles. The van der Waals surface area contributed by atoms with Crippen molar-refractivity contribution >= 4 is 56.3 Å². The minimum absolute atomic E-state index is 0.545. The molecule has 4 heteroatoms. The van der Waals surface area contributed by atoms with Gasteiger partial charge in [-0.15, -0.1) is 0 Å². The Morgan fingerprint density at radius 1 is 0.562 bits per heavy atom. The fourth-order valence-corrected chi connectivity index (χ4v) is 11.1. The van der Waals surface area contributed by atoms with E-state index in [-0.39, 0.29) is 0 Å². The van der Waals surface area contributed by atoms with E-state index in [4.69, 9.17) is 34.4 Å². The van der Waals surface area contributed by atoms with E-state index in [2.05, 4.69) is 93.6 Å². The maximum atomic E-state index is 8.27. The van der Waals surface area contributed by atoms with Crippen molar-refractivity contribution in [2.45, 2.75) is 26.9 Å². The van der Waals surface area contributed by atoms with Gasteiger partial charge in [-0.2, -0.15) is 0 Å². The second-order valence-corrected chi connectivity index (χ2v) is 15.9.